The Balaban J connectivity index is 1.79. The molecular weight excluding hydrogens is 284 g/mol. The van der Waals surface area contributed by atoms with E-state index in [2.05, 4.69) is 36.0 Å². The topological polar surface area (TPSA) is 26.3 Å². The molecule has 0 aromatic heterocycles. The highest BCUT2D eigenvalue weighted by Gasteiger charge is 2.41. The van der Waals surface area contributed by atoms with E-state index >= 15 is 0 Å². The minimum atomic E-state index is -0.0920. The molecule has 2 nitrogen and oxygen atoms in total. The lowest BCUT2D eigenvalue weighted by Crippen LogP contribution is -2.18. The zero-order valence-corrected chi connectivity index (χ0v) is 15.0. The Labute approximate surface area is 142 Å². The van der Waals surface area contributed by atoms with Crippen LogP contribution < -0.4 is 0 Å². The SMILES string of the molecule is CCCCC1CC2CC=CCC2C1CC=CCCCC(=O)OC. The van der Waals surface area contributed by atoms with E-state index in [0.717, 1.165) is 36.5 Å². The van der Waals surface area contributed by atoms with Gasteiger partial charge >= 0.3 is 5.97 Å². The molecule has 0 aromatic rings. The fraction of sp³-hybridized carbons (Fsp3) is 0.762. The minimum absolute atomic E-state index is 0.0920. The van der Waals surface area contributed by atoms with Gasteiger partial charge in [0.05, 0.1) is 7.11 Å². The second-order valence-corrected chi connectivity index (χ2v) is 7.34. The average molecular weight is 319 g/mol. The molecule has 4 unspecified atom stereocenters. The van der Waals surface area contributed by atoms with E-state index in [1.54, 1.807) is 0 Å². The van der Waals surface area contributed by atoms with Crippen molar-refractivity contribution >= 4 is 5.97 Å². The lowest BCUT2D eigenvalue weighted by atomic mass is 9.78. The smallest absolute Gasteiger partial charge is 0.305 e. The van der Waals surface area contributed by atoms with Crippen LogP contribution in [0, 0.1) is 23.7 Å². The van der Waals surface area contributed by atoms with E-state index in [1.807, 2.05) is 0 Å². The second kappa shape index (κ2) is 9.95. The van der Waals surface area contributed by atoms with Crippen LogP contribution in [-0.2, 0) is 9.53 Å². The van der Waals surface area contributed by atoms with Crippen molar-refractivity contribution in [2.24, 2.45) is 23.7 Å². The molecule has 0 heterocycles. The highest BCUT2D eigenvalue weighted by molar-refractivity contribution is 5.69. The van der Waals surface area contributed by atoms with E-state index in [9.17, 15) is 4.79 Å². The molecule has 2 heteroatoms. The van der Waals surface area contributed by atoms with Crippen LogP contribution in [0.2, 0.25) is 0 Å². The first-order chi connectivity index (χ1) is 11.3. The van der Waals surface area contributed by atoms with Gasteiger partial charge in [0, 0.05) is 6.42 Å². The zero-order valence-electron chi connectivity index (χ0n) is 15.0. The van der Waals surface area contributed by atoms with Crippen LogP contribution >= 0.6 is 0 Å². The summed E-state index contributed by atoms with van der Waals surface area (Å²) in [5.41, 5.74) is 0. The number of hydrogen-bond acceptors (Lipinski definition) is 2. The van der Waals surface area contributed by atoms with Crippen LogP contribution in [0.5, 0.6) is 0 Å². The predicted octanol–water partition coefficient (Wildman–Crippen LogP) is 5.68. The summed E-state index contributed by atoms with van der Waals surface area (Å²) in [6, 6.07) is 0. The van der Waals surface area contributed by atoms with Gasteiger partial charge in [0.2, 0.25) is 0 Å². The van der Waals surface area contributed by atoms with E-state index in [1.165, 1.54) is 52.1 Å². The van der Waals surface area contributed by atoms with Gasteiger partial charge in [0.15, 0.2) is 0 Å². The standard InChI is InChI=1S/C21H34O2/c1-3-4-11-17-16-18-12-9-10-14-20(18)19(17)13-7-5-6-8-15-21(22)23-2/h5,7,9-10,17-20H,3-4,6,8,11-16H2,1-2H3. The number of allylic oxidation sites excluding steroid dienone is 4. The van der Waals surface area contributed by atoms with E-state index in [0.29, 0.717) is 6.42 Å². The Bertz CT molecular complexity index is 410. The van der Waals surface area contributed by atoms with Gasteiger partial charge in [-0.15, -0.1) is 0 Å². The number of fused-ring (bicyclic) bond motifs is 1. The second-order valence-electron chi connectivity index (χ2n) is 7.34. The first-order valence-electron chi connectivity index (χ1n) is 9.63. The lowest BCUT2D eigenvalue weighted by molar-refractivity contribution is -0.140. The first-order valence-corrected chi connectivity index (χ1v) is 9.63. The van der Waals surface area contributed by atoms with Gasteiger partial charge in [-0.05, 0) is 62.2 Å². The van der Waals surface area contributed by atoms with Crippen LogP contribution in [0.15, 0.2) is 24.3 Å². The molecular formula is C21H34O2. The molecule has 2 aliphatic rings. The van der Waals surface area contributed by atoms with Crippen molar-refractivity contribution < 1.29 is 9.53 Å². The van der Waals surface area contributed by atoms with Crippen LogP contribution in [-0.4, -0.2) is 13.1 Å². The van der Waals surface area contributed by atoms with Gasteiger partial charge in [-0.3, -0.25) is 4.79 Å². The van der Waals surface area contributed by atoms with Gasteiger partial charge in [-0.2, -0.15) is 0 Å². The molecule has 0 bridgehead atoms. The highest BCUT2D eigenvalue weighted by Crippen LogP contribution is 2.50. The summed E-state index contributed by atoms with van der Waals surface area (Å²) in [6.45, 7) is 2.31. The van der Waals surface area contributed by atoms with Crippen LogP contribution in [0.1, 0.15) is 71.1 Å². The molecule has 0 aliphatic heterocycles. The van der Waals surface area contributed by atoms with Crippen molar-refractivity contribution in [1.29, 1.82) is 0 Å². The molecule has 0 spiro atoms. The molecule has 1 saturated carbocycles. The largest absolute Gasteiger partial charge is 0.469 e. The van der Waals surface area contributed by atoms with Crippen molar-refractivity contribution in [2.45, 2.75) is 71.1 Å². The van der Waals surface area contributed by atoms with Crippen molar-refractivity contribution in [3.8, 4) is 0 Å². The number of rotatable bonds is 9. The summed E-state index contributed by atoms with van der Waals surface area (Å²) in [5, 5.41) is 0. The summed E-state index contributed by atoms with van der Waals surface area (Å²) >= 11 is 0. The zero-order chi connectivity index (χ0) is 16.5. The fourth-order valence-electron chi connectivity index (χ4n) is 4.60. The summed E-state index contributed by atoms with van der Waals surface area (Å²) in [5.74, 6) is 3.59. The van der Waals surface area contributed by atoms with Crippen LogP contribution in [0.4, 0.5) is 0 Å². The Morgan fingerprint density at radius 2 is 2.04 bits per heavy atom. The molecule has 0 saturated heterocycles. The van der Waals surface area contributed by atoms with Crippen molar-refractivity contribution in [3.63, 3.8) is 0 Å². The number of carbonyl (C=O) groups excluding carboxylic acids is 1. The first kappa shape index (κ1) is 18.3. The van der Waals surface area contributed by atoms with E-state index < -0.39 is 0 Å². The molecule has 0 radical (unpaired) electrons. The molecule has 2 aliphatic carbocycles. The summed E-state index contributed by atoms with van der Waals surface area (Å²) in [4.78, 5) is 11.1. The van der Waals surface area contributed by atoms with E-state index in [4.69, 9.17) is 0 Å². The molecule has 0 N–H and O–H groups in total. The Kier molecular flexibility index (Phi) is 7.91. The number of ether oxygens (including phenoxy) is 1. The van der Waals surface area contributed by atoms with Gasteiger partial charge in [-0.25, -0.2) is 0 Å². The maximum Gasteiger partial charge on any atom is 0.305 e. The monoisotopic (exact) mass is 318 g/mol. The molecule has 0 amide bonds. The molecule has 130 valence electrons. The Morgan fingerprint density at radius 1 is 1.22 bits per heavy atom. The van der Waals surface area contributed by atoms with E-state index in [-0.39, 0.29) is 5.97 Å². The Hall–Kier alpha value is -1.05. The number of carbonyl (C=O) groups is 1. The van der Waals surface area contributed by atoms with Crippen molar-refractivity contribution in [1.82, 2.24) is 0 Å². The number of methoxy groups -OCH3 is 1. The van der Waals surface area contributed by atoms with Gasteiger partial charge < -0.3 is 4.74 Å². The highest BCUT2D eigenvalue weighted by atomic mass is 16.5. The number of hydrogen-bond donors (Lipinski definition) is 0. The molecule has 4 atom stereocenters. The lowest BCUT2D eigenvalue weighted by Gasteiger charge is -2.27. The average Bonchev–Trinajstić information content (AvgIpc) is 2.93. The van der Waals surface area contributed by atoms with Gasteiger partial charge in [-0.1, -0.05) is 50.5 Å². The molecule has 2 rings (SSSR count). The fourth-order valence-corrected chi connectivity index (χ4v) is 4.60. The van der Waals surface area contributed by atoms with Gasteiger partial charge in [0.1, 0.15) is 0 Å². The minimum Gasteiger partial charge on any atom is -0.469 e. The summed E-state index contributed by atoms with van der Waals surface area (Å²) in [7, 11) is 1.46. The van der Waals surface area contributed by atoms with Gasteiger partial charge in [0.25, 0.3) is 0 Å². The maximum absolute atomic E-state index is 11.1. The number of unbranched alkanes of at least 4 members (excludes halogenated alkanes) is 2. The third kappa shape index (κ3) is 5.51. The van der Waals surface area contributed by atoms with Crippen LogP contribution in [0.25, 0.3) is 0 Å². The normalized spacial score (nSPS) is 29.8. The van der Waals surface area contributed by atoms with Crippen LogP contribution in [0.3, 0.4) is 0 Å². The molecule has 0 aromatic carbocycles. The maximum atomic E-state index is 11.1. The Morgan fingerprint density at radius 3 is 2.83 bits per heavy atom. The van der Waals surface area contributed by atoms with Crippen molar-refractivity contribution in [2.75, 3.05) is 7.11 Å². The van der Waals surface area contributed by atoms with Crippen molar-refractivity contribution in [3.05, 3.63) is 24.3 Å². The predicted molar refractivity (Wildman–Crippen MR) is 96.1 cm³/mol. The third-order valence-electron chi connectivity index (χ3n) is 5.86. The summed E-state index contributed by atoms with van der Waals surface area (Å²) < 4.78 is 4.68. The number of esters is 1. The summed E-state index contributed by atoms with van der Waals surface area (Å²) in [6.07, 6.45) is 21.4. The third-order valence-corrected chi connectivity index (χ3v) is 5.86. The molecule has 1 fully saturated rings. The molecule has 23 heavy (non-hydrogen) atoms. The quantitative estimate of drug-likeness (QED) is 0.310.